The van der Waals surface area contributed by atoms with Crippen molar-refractivity contribution in [1.82, 2.24) is 9.88 Å². The predicted octanol–water partition coefficient (Wildman–Crippen LogP) is 3.03. The summed E-state index contributed by atoms with van der Waals surface area (Å²) in [6.07, 6.45) is 1.52. The molecule has 1 fully saturated rings. The second kappa shape index (κ2) is 4.82. The van der Waals surface area contributed by atoms with E-state index in [1.807, 2.05) is 23.3 Å². The molecule has 1 aliphatic heterocycles. The number of hydrogen-bond acceptors (Lipinski definition) is 4. The summed E-state index contributed by atoms with van der Waals surface area (Å²) in [5.41, 5.74) is 0.902. The van der Waals surface area contributed by atoms with Crippen LogP contribution in [0, 0.1) is 6.92 Å². The lowest BCUT2D eigenvalue weighted by Gasteiger charge is -2.40. The quantitative estimate of drug-likeness (QED) is 0.864. The van der Waals surface area contributed by atoms with E-state index in [0.29, 0.717) is 12.5 Å². The van der Waals surface area contributed by atoms with Crippen LogP contribution in [0.15, 0.2) is 22.9 Å². The molecule has 0 unspecified atom stereocenters. The van der Waals surface area contributed by atoms with E-state index < -0.39 is 0 Å². The van der Waals surface area contributed by atoms with Crippen LogP contribution in [0.5, 0.6) is 0 Å². The second-order valence-corrected chi connectivity index (χ2v) is 6.48. The van der Waals surface area contributed by atoms with Crippen LogP contribution in [0.25, 0.3) is 0 Å². The van der Waals surface area contributed by atoms with Crippen molar-refractivity contribution < 1.29 is 4.79 Å². The van der Waals surface area contributed by atoms with Gasteiger partial charge in [0.25, 0.3) is 0 Å². The molecule has 5 heteroatoms. The number of likely N-dealkylation sites (tertiary alicyclic amines) is 1. The summed E-state index contributed by atoms with van der Waals surface area (Å²) in [4.78, 5) is 19.8. The molecule has 3 heterocycles. The van der Waals surface area contributed by atoms with Crippen molar-refractivity contribution in [2.75, 3.05) is 6.54 Å². The Labute approximate surface area is 114 Å². The molecular weight excluding hydrogens is 264 g/mol. The van der Waals surface area contributed by atoms with Crippen molar-refractivity contribution in [3.05, 3.63) is 38.5 Å². The van der Waals surface area contributed by atoms with Crippen LogP contribution in [0.2, 0.25) is 0 Å². The number of carbonyl (C=O) groups excluding carboxylic acids is 1. The summed E-state index contributed by atoms with van der Waals surface area (Å²) in [5.74, 6) is 0.199. The van der Waals surface area contributed by atoms with Crippen LogP contribution in [0.4, 0.5) is 0 Å². The maximum Gasteiger partial charge on any atom is 0.229 e. The number of carbonyl (C=O) groups is 1. The van der Waals surface area contributed by atoms with Crippen molar-refractivity contribution in [3.63, 3.8) is 0 Å². The van der Waals surface area contributed by atoms with Crippen LogP contribution in [-0.2, 0) is 11.2 Å². The Balaban J connectivity index is 1.66. The van der Waals surface area contributed by atoms with Gasteiger partial charge in [0.1, 0.15) is 0 Å². The Hall–Kier alpha value is -1.20. The maximum atomic E-state index is 12.2. The topological polar surface area (TPSA) is 33.2 Å². The van der Waals surface area contributed by atoms with Crippen molar-refractivity contribution in [1.29, 1.82) is 0 Å². The van der Waals surface area contributed by atoms with Gasteiger partial charge in [-0.3, -0.25) is 4.79 Å². The third-order valence-electron chi connectivity index (χ3n) is 3.21. The van der Waals surface area contributed by atoms with Crippen molar-refractivity contribution in [2.45, 2.75) is 25.8 Å². The second-order valence-electron chi connectivity index (χ2n) is 4.44. The number of thiophene rings is 1. The molecule has 1 atom stereocenters. The Morgan fingerprint density at radius 2 is 2.44 bits per heavy atom. The molecule has 3 nitrogen and oxygen atoms in total. The molecule has 3 rings (SSSR count). The van der Waals surface area contributed by atoms with Gasteiger partial charge in [-0.25, -0.2) is 4.98 Å². The van der Waals surface area contributed by atoms with E-state index >= 15 is 0 Å². The van der Waals surface area contributed by atoms with E-state index in [9.17, 15) is 4.79 Å². The highest BCUT2D eigenvalue weighted by molar-refractivity contribution is 7.10. The summed E-state index contributed by atoms with van der Waals surface area (Å²) in [6, 6.07) is 4.46. The molecule has 1 saturated heterocycles. The van der Waals surface area contributed by atoms with Crippen LogP contribution < -0.4 is 0 Å². The van der Waals surface area contributed by atoms with Gasteiger partial charge < -0.3 is 4.90 Å². The number of aromatic nitrogens is 1. The molecule has 0 saturated carbocycles. The molecule has 2 aromatic rings. The SMILES string of the molecule is Cc1nc(CC(=O)N2CC[C@@H]2c2cccs2)cs1. The van der Waals surface area contributed by atoms with Gasteiger partial charge >= 0.3 is 0 Å². The van der Waals surface area contributed by atoms with E-state index in [0.717, 1.165) is 23.7 Å². The highest BCUT2D eigenvalue weighted by atomic mass is 32.1. The number of rotatable bonds is 3. The van der Waals surface area contributed by atoms with E-state index in [1.165, 1.54) is 4.88 Å². The molecular formula is C13H14N2OS2. The Morgan fingerprint density at radius 1 is 1.56 bits per heavy atom. The van der Waals surface area contributed by atoms with Crippen molar-refractivity contribution in [2.24, 2.45) is 0 Å². The Bertz CT molecular complexity index is 547. The zero-order valence-corrected chi connectivity index (χ0v) is 11.8. The predicted molar refractivity (Wildman–Crippen MR) is 73.9 cm³/mol. The first-order valence-electron chi connectivity index (χ1n) is 5.98. The average molecular weight is 278 g/mol. The lowest BCUT2D eigenvalue weighted by atomic mass is 10.0. The van der Waals surface area contributed by atoms with E-state index in [2.05, 4.69) is 16.4 Å². The Morgan fingerprint density at radius 3 is 3.00 bits per heavy atom. The number of amides is 1. The van der Waals surface area contributed by atoms with Crippen molar-refractivity contribution >= 4 is 28.6 Å². The van der Waals surface area contributed by atoms with Gasteiger partial charge in [-0.05, 0) is 24.8 Å². The normalized spacial score (nSPS) is 18.7. The smallest absolute Gasteiger partial charge is 0.229 e. The fourth-order valence-electron chi connectivity index (χ4n) is 2.21. The minimum Gasteiger partial charge on any atom is -0.334 e. The van der Waals surface area contributed by atoms with Gasteiger partial charge in [-0.2, -0.15) is 0 Å². The van der Waals surface area contributed by atoms with E-state index in [-0.39, 0.29) is 5.91 Å². The molecule has 0 radical (unpaired) electrons. The summed E-state index contributed by atoms with van der Waals surface area (Å²) in [7, 11) is 0. The highest BCUT2D eigenvalue weighted by Crippen LogP contribution is 2.36. The first-order valence-corrected chi connectivity index (χ1v) is 7.74. The first-order chi connectivity index (χ1) is 8.74. The average Bonchev–Trinajstić information content (AvgIpc) is 2.89. The maximum absolute atomic E-state index is 12.2. The lowest BCUT2D eigenvalue weighted by Crippen LogP contribution is -2.45. The summed E-state index contributed by atoms with van der Waals surface area (Å²) < 4.78 is 0. The minimum absolute atomic E-state index is 0.199. The largest absolute Gasteiger partial charge is 0.334 e. The minimum atomic E-state index is 0.199. The van der Waals surface area contributed by atoms with E-state index in [1.54, 1.807) is 22.7 Å². The molecule has 18 heavy (non-hydrogen) atoms. The van der Waals surface area contributed by atoms with Gasteiger partial charge in [-0.1, -0.05) is 6.07 Å². The third-order valence-corrected chi connectivity index (χ3v) is 5.01. The zero-order valence-electron chi connectivity index (χ0n) is 10.1. The van der Waals surface area contributed by atoms with Gasteiger partial charge in [0.05, 0.1) is 23.2 Å². The number of nitrogens with zero attached hydrogens (tertiary/aromatic N) is 2. The molecule has 94 valence electrons. The molecule has 0 bridgehead atoms. The van der Waals surface area contributed by atoms with E-state index in [4.69, 9.17) is 0 Å². The molecule has 2 aromatic heterocycles. The molecule has 0 N–H and O–H groups in total. The van der Waals surface area contributed by atoms with Gasteiger partial charge in [0.2, 0.25) is 5.91 Å². The summed E-state index contributed by atoms with van der Waals surface area (Å²) >= 11 is 3.33. The van der Waals surface area contributed by atoms with Gasteiger partial charge in [0.15, 0.2) is 0 Å². The van der Waals surface area contributed by atoms with Crippen LogP contribution in [-0.4, -0.2) is 22.3 Å². The fraction of sp³-hybridized carbons (Fsp3) is 0.385. The molecule has 0 aromatic carbocycles. The molecule has 1 amide bonds. The lowest BCUT2D eigenvalue weighted by molar-refractivity contribution is -0.138. The first kappa shape index (κ1) is 11.9. The Kier molecular flexibility index (Phi) is 3.18. The zero-order chi connectivity index (χ0) is 12.5. The standard InChI is InChI=1S/C13H14N2OS2/c1-9-14-10(8-18-9)7-13(16)15-5-4-11(15)12-3-2-6-17-12/h2-3,6,8,11H,4-5,7H2,1H3/t11-/m1/s1. The monoisotopic (exact) mass is 278 g/mol. The number of thiazole rings is 1. The highest BCUT2D eigenvalue weighted by Gasteiger charge is 2.33. The fourth-order valence-corrected chi connectivity index (χ4v) is 3.69. The van der Waals surface area contributed by atoms with Gasteiger partial charge in [-0.15, -0.1) is 22.7 Å². The number of hydrogen-bond donors (Lipinski definition) is 0. The molecule has 0 aliphatic carbocycles. The summed E-state index contributed by atoms with van der Waals surface area (Å²) in [5, 5.41) is 5.07. The van der Waals surface area contributed by atoms with Crippen LogP contribution in [0.3, 0.4) is 0 Å². The van der Waals surface area contributed by atoms with Crippen LogP contribution >= 0.6 is 22.7 Å². The summed E-state index contributed by atoms with van der Waals surface area (Å²) in [6.45, 7) is 2.85. The number of aryl methyl sites for hydroxylation is 1. The van der Waals surface area contributed by atoms with Crippen molar-refractivity contribution in [3.8, 4) is 0 Å². The van der Waals surface area contributed by atoms with Crippen LogP contribution in [0.1, 0.15) is 28.0 Å². The third kappa shape index (κ3) is 2.20. The molecule has 0 spiro atoms. The van der Waals surface area contributed by atoms with Gasteiger partial charge in [0, 0.05) is 16.8 Å². The molecule has 1 aliphatic rings.